The van der Waals surface area contributed by atoms with Crippen LogP contribution in [0.1, 0.15) is 15.9 Å². The van der Waals surface area contributed by atoms with Crippen LogP contribution < -0.4 is 4.74 Å². The maximum absolute atomic E-state index is 13.7. The third-order valence-corrected chi connectivity index (χ3v) is 3.28. The van der Waals surface area contributed by atoms with Crippen molar-refractivity contribution >= 4 is 21.7 Å². The van der Waals surface area contributed by atoms with Gasteiger partial charge in [0.15, 0.2) is 5.78 Å². The Balaban J connectivity index is 2.18. The van der Waals surface area contributed by atoms with E-state index >= 15 is 0 Å². The summed E-state index contributed by atoms with van der Waals surface area (Å²) in [4.78, 5) is 12.0. The summed E-state index contributed by atoms with van der Waals surface area (Å²) in [6.45, 7) is 0. The first kappa shape index (κ1) is 13.7. The molecule has 2 aromatic carbocycles. The summed E-state index contributed by atoms with van der Waals surface area (Å²) in [5.74, 6) is -0.401. The van der Waals surface area contributed by atoms with Gasteiger partial charge in [-0.2, -0.15) is 0 Å². The van der Waals surface area contributed by atoms with Crippen LogP contribution in [-0.2, 0) is 6.42 Å². The quantitative estimate of drug-likeness (QED) is 0.795. The van der Waals surface area contributed by atoms with Gasteiger partial charge in [-0.1, -0.05) is 28.1 Å². The smallest absolute Gasteiger partial charge is 0.170 e. The number of hydrogen-bond acceptors (Lipinski definition) is 2. The number of hydrogen-bond donors (Lipinski definition) is 0. The first-order valence-electron chi connectivity index (χ1n) is 5.71. The van der Waals surface area contributed by atoms with Crippen LogP contribution in [0.4, 0.5) is 4.39 Å². The molecule has 0 saturated heterocycles. The van der Waals surface area contributed by atoms with Gasteiger partial charge in [-0.15, -0.1) is 0 Å². The van der Waals surface area contributed by atoms with E-state index in [0.717, 1.165) is 10.0 Å². The molecule has 0 N–H and O–H groups in total. The summed E-state index contributed by atoms with van der Waals surface area (Å²) < 4.78 is 19.6. The van der Waals surface area contributed by atoms with Crippen LogP contribution in [0, 0.1) is 5.82 Å². The van der Waals surface area contributed by atoms with Crippen LogP contribution in [0.15, 0.2) is 46.9 Å². The van der Waals surface area contributed by atoms with E-state index in [0.29, 0.717) is 5.75 Å². The van der Waals surface area contributed by atoms with Crippen LogP contribution in [0.3, 0.4) is 0 Å². The predicted octanol–water partition coefficient (Wildman–Crippen LogP) is 4.02. The number of ketones is 1. The Bertz CT molecular complexity index is 594. The summed E-state index contributed by atoms with van der Waals surface area (Å²) >= 11 is 3.33. The molecular weight excluding hydrogens is 311 g/mol. The third kappa shape index (κ3) is 3.41. The molecule has 0 bridgehead atoms. The zero-order valence-corrected chi connectivity index (χ0v) is 11.9. The second kappa shape index (κ2) is 5.97. The van der Waals surface area contributed by atoms with Crippen LogP contribution >= 0.6 is 15.9 Å². The van der Waals surface area contributed by atoms with Crippen molar-refractivity contribution in [3.05, 3.63) is 63.9 Å². The minimum absolute atomic E-state index is 0.0868. The molecule has 2 aromatic rings. The zero-order chi connectivity index (χ0) is 13.8. The molecule has 0 heterocycles. The molecule has 2 rings (SSSR count). The fourth-order valence-corrected chi connectivity index (χ4v) is 2.00. The van der Waals surface area contributed by atoms with Gasteiger partial charge in [0.1, 0.15) is 11.6 Å². The van der Waals surface area contributed by atoms with Gasteiger partial charge in [0.2, 0.25) is 0 Å². The number of carbonyl (C=O) groups excluding carboxylic acids is 1. The molecule has 0 saturated carbocycles. The average Bonchev–Trinajstić information content (AvgIpc) is 2.41. The Morgan fingerprint density at radius 3 is 2.47 bits per heavy atom. The summed E-state index contributed by atoms with van der Waals surface area (Å²) in [6.07, 6.45) is 0.177. The maximum atomic E-state index is 13.7. The second-order valence-corrected chi connectivity index (χ2v) is 4.99. The minimum atomic E-state index is -0.554. The number of benzene rings is 2. The molecule has 0 radical (unpaired) electrons. The van der Waals surface area contributed by atoms with Gasteiger partial charge in [0.05, 0.1) is 12.7 Å². The van der Waals surface area contributed by atoms with Crippen LogP contribution in [0.25, 0.3) is 0 Å². The number of rotatable bonds is 4. The highest BCUT2D eigenvalue weighted by atomic mass is 79.9. The zero-order valence-electron chi connectivity index (χ0n) is 10.3. The number of ether oxygens (including phenoxy) is 1. The van der Waals surface area contributed by atoms with Crippen molar-refractivity contribution < 1.29 is 13.9 Å². The predicted molar refractivity (Wildman–Crippen MR) is 75.1 cm³/mol. The maximum Gasteiger partial charge on any atom is 0.170 e. The molecular formula is C15H12BrFO2. The van der Waals surface area contributed by atoms with Crippen LogP contribution in [-0.4, -0.2) is 12.9 Å². The van der Waals surface area contributed by atoms with Crippen molar-refractivity contribution in [3.63, 3.8) is 0 Å². The minimum Gasteiger partial charge on any atom is -0.497 e. The van der Waals surface area contributed by atoms with Gasteiger partial charge in [0, 0.05) is 17.0 Å². The van der Waals surface area contributed by atoms with E-state index in [-0.39, 0.29) is 17.8 Å². The van der Waals surface area contributed by atoms with E-state index in [1.165, 1.54) is 19.2 Å². The molecule has 19 heavy (non-hydrogen) atoms. The molecule has 0 spiro atoms. The summed E-state index contributed by atoms with van der Waals surface area (Å²) in [6, 6.07) is 11.6. The van der Waals surface area contributed by atoms with E-state index in [1.807, 2.05) is 24.3 Å². The standard InChI is InChI=1S/C15H12BrFO2/c1-19-12-6-7-13(14(17)9-12)15(18)8-10-2-4-11(16)5-3-10/h2-7,9H,8H2,1H3. The first-order valence-corrected chi connectivity index (χ1v) is 6.50. The van der Waals surface area contributed by atoms with Gasteiger partial charge in [-0.3, -0.25) is 4.79 Å². The molecule has 98 valence electrons. The molecule has 4 heteroatoms. The van der Waals surface area contributed by atoms with Crippen molar-refractivity contribution in [2.24, 2.45) is 0 Å². The molecule has 0 aliphatic rings. The second-order valence-electron chi connectivity index (χ2n) is 4.07. The van der Waals surface area contributed by atoms with Gasteiger partial charge in [-0.25, -0.2) is 4.39 Å². The monoisotopic (exact) mass is 322 g/mol. The lowest BCUT2D eigenvalue weighted by molar-refractivity contribution is 0.0989. The van der Waals surface area contributed by atoms with E-state index < -0.39 is 5.82 Å². The topological polar surface area (TPSA) is 26.3 Å². The lowest BCUT2D eigenvalue weighted by Gasteiger charge is -2.05. The molecule has 0 amide bonds. The molecule has 0 atom stereocenters. The number of methoxy groups -OCH3 is 1. The normalized spacial score (nSPS) is 10.3. The van der Waals surface area contributed by atoms with Gasteiger partial charge >= 0.3 is 0 Å². The lowest BCUT2D eigenvalue weighted by Crippen LogP contribution is -2.06. The van der Waals surface area contributed by atoms with Gasteiger partial charge in [0.25, 0.3) is 0 Å². The van der Waals surface area contributed by atoms with E-state index in [9.17, 15) is 9.18 Å². The van der Waals surface area contributed by atoms with E-state index in [2.05, 4.69) is 15.9 Å². The molecule has 0 aliphatic carbocycles. The lowest BCUT2D eigenvalue weighted by atomic mass is 10.0. The van der Waals surface area contributed by atoms with Crippen molar-refractivity contribution in [1.29, 1.82) is 0 Å². The highest BCUT2D eigenvalue weighted by Gasteiger charge is 2.13. The van der Waals surface area contributed by atoms with Crippen molar-refractivity contribution in [2.75, 3.05) is 7.11 Å². The van der Waals surface area contributed by atoms with Crippen LogP contribution in [0.5, 0.6) is 5.75 Å². The van der Waals surface area contributed by atoms with E-state index in [1.54, 1.807) is 6.07 Å². The Morgan fingerprint density at radius 1 is 1.21 bits per heavy atom. The Kier molecular flexibility index (Phi) is 4.32. The summed E-state index contributed by atoms with van der Waals surface area (Å²) in [5.41, 5.74) is 0.937. The molecule has 0 fully saturated rings. The van der Waals surface area contributed by atoms with Crippen molar-refractivity contribution in [1.82, 2.24) is 0 Å². The van der Waals surface area contributed by atoms with Gasteiger partial charge in [-0.05, 0) is 29.8 Å². The molecule has 0 aromatic heterocycles. The number of carbonyl (C=O) groups is 1. The van der Waals surface area contributed by atoms with Crippen molar-refractivity contribution in [3.8, 4) is 5.75 Å². The largest absolute Gasteiger partial charge is 0.497 e. The Labute approximate surface area is 119 Å². The van der Waals surface area contributed by atoms with E-state index in [4.69, 9.17) is 4.74 Å². The Hall–Kier alpha value is -1.68. The fraction of sp³-hybridized carbons (Fsp3) is 0.133. The molecule has 0 aliphatic heterocycles. The van der Waals surface area contributed by atoms with Crippen LogP contribution in [0.2, 0.25) is 0 Å². The molecule has 0 unspecified atom stereocenters. The highest BCUT2D eigenvalue weighted by Crippen LogP contribution is 2.18. The SMILES string of the molecule is COc1ccc(C(=O)Cc2ccc(Br)cc2)c(F)c1. The average molecular weight is 323 g/mol. The number of Topliss-reactive ketones (excluding diaryl/α,β-unsaturated/α-hetero) is 1. The summed E-state index contributed by atoms with van der Waals surface area (Å²) in [7, 11) is 1.46. The summed E-state index contributed by atoms with van der Waals surface area (Å²) in [5, 5.41) is 0. The van der Waals surface area contributed by atoms with Crippen molar-refractivity contribution in [2.45, 2.75) is 6.42 Å². The highest BCUT2D eigenvalue weighted by molar-refractivity contribution is 9.10. The third-order valence-electron chi connectivity index (χ3n) is 2.75. The van der Waals surface area contributed by atoms with Gasteiger partial charge < -0.3 is 4.74 Å². The Morgan fingerprint density at radius 2 is 1.89 bits per heavy atom. The molecule has 2 nitrogen and oxygen atoms in total. The first-order chi connectivity index (χ1) is 9.10. The fourth-order valence-electron chi connectivity index (χ4n) is 1.73. The number of halogens is 2.